The molecule has 98 valence electrons. The molecule has 5 nitrogen and oxygen atoms in total. The average Bonchev–Trinajstić information content (AvgIpc) is 2.27. The highest BCUT2D eigenvalue weighted by Crippen LogP contribution is 2.16. The Bertz CT molecular complexity index is 157. The molecule has 0 spiro atoms. The number of nitrogens with zero attached hydrogens (tertiary/aromatic N) is 1. The van der Waals surface area contributed by atoms with E-state index in [9.17, 15) is 0 Å². The summed E-state index contributed by atoms with van der Waals surface area (Å²) in [5.74, 6) is 0. The largest absolute Gasteiger partial charge is 0.502 e. The van der Waals surface area contributed by atoms with E-state index in [1.165, 1.54) is 0 Å². The van der Waals surface area contributed by atoms with Gasteiger partial charge in [0.05, 0.1) is 7.11 Å². The molecule has 0 N–H and O–H groups in total. The molecule has 0 aliphatic heterocycles. The van der Waals surface area contributed by atoms with Crippen molar-refractivity contribution in [2.45, 2.75) is 26.8 Å². The highest BCUT2D eigenvalue weighted by Gasteiger charge is 2.40. The van der Waals surface area contributed by atoms with E-state index >= 15 is 0 Å². The molecular weight excluding hydrogens is 242 g/mol. The van der Waals surface area contributed by atoms with Gasteiger partial charge in [0, 0.05) is 32.4 Å². The lowest BCUT2D eigenvalue weighted by Gasteiger charge is -2.29. The van der Waals surface area contributed by atoms with Gasteiger partial charge in [0.25, 0.3) is 0 Å². The van der Waals surface area contributed by atoms with Gasteiger partial charge in [-0.3, -0.25) is 0 Å². The monoisotopic (exact) mass is 267 g/mol. The summed E-state index contributed by atoms with van der Waals surface area (Å²) in [4.78, 5) is 5.13. The first kappa shape index (κ1) is 16.2. The number of hydrogen-bond donors (Lipinski definition) is 0. The normalized spacial score (nSPS) is 12.6. The van der Waals surface area contributed by atoms with E-state index in [-0.39, 0.29) is 0 Å². The smallest absolute Gasteiger partial charge is 0.374 e. The zero-order valence-electron chi connectivity index (χ0n) is 11.1. The summed E-state index contributed by atoms with van der Waals surface area (Å²) in [6, 6.07) is 0.778. The first-order valence-electron chi connectivity index (χ1n) is 5.81. The fourth-order valence-corrected chi connectivity index (χ4v) is 4.65. The molecule has 0 rings (SSSR count). The molecule has 0 saturated carbocycles. The van der Waals surface area contributed by atoms with Crippen molar-refractivity contribution in [1.82, 2.24) is 4.73 Å². The summed E-state index contributed by atoms with van der Waals surface area (Å²) in [5, 5.41) is 0. The SMILES string of the molecule is CCO[Si](CCN([SiH3])OC)(OCC)OCC. The summed E-state index contributed by atoms with van der Waals surface area (Å²) in [6.07, 6.45) is 0. The molecule has 0 aromatic rings. The third-order valence-electron chi connectivity index (χ3n) is 2.14. The zero-order valence-corrected chi connectivity index (χ0v) is 14.1. The molecule has 0 aromatic heterocycles. The average molecular weight is 267 g/mol. The summed E-state index contributed by atoms with van der Waals surface area (Å²) in [5.41, 5.74) is 0. The second-order valence-corrected chi connectivity index (χ2v) is 7.00. The Labute approximate surface area is 103 Å². The molecular formula is C9H25NO4Si2. The zero-order chi connectivity index (χ0) is 12.4. The van der Waals surface area contributed by atoms with E-state index in [0.717, 1.165) is 23.0 Å². The van der Waals surface area contributed by atoms with Gasteiger partial charge >= 0.3 is 8.80 Å². The van der Waals surface area contributed by atoms with Crippen molar-refractivity contribution in [2.24, 2.45) is 0 Å². The van der Waals surface area contributed by atoms with Crippen molar-refractivity contribution >= 4 is 19.2 Å². The summed E-state index contributed by atoms with van der Waals surface area (Å²) in [6.45, 7) is 8.58. The van der Waals surface area contributed by atoms with Gasteiger partial charge in [0.2, 0.25) is 0 Å². The molecule has 0 aliphatic rings. The molecule has 0 unspecified atom stereocenters. The third kappa shape index (κ3) is 6.09. The molecule has 0 amide bonds. The van der Waals surface area contributed by atoms with Crippen LogP contribution in [0.1, 0.15) is 20.8 Å². The van der Waals surface area contributed by atoms with Crippen molar-refractivity contribution < 1.29 is 18.1 Å². The molecule has 0 radical (unpaired) electrons. The highest BCUT2D eigenvalue weighted by molar-refractivity contribution is 6.60. The highest BCUT2D eigenvalue weighted by atomic mass is 28.4. The maximum atomic E-state index is 5.73. The van der Waals surface area contributed by atoms with Gasteiger partial charge in [-0.05, 0) is 20.8 Å². The lowest BCUT2D eigenvalue weighted by atomic mass is 10.8. The maximum absolute atomic E-state index is 5.73. The fraction of sp³-hybridized carbons (Fsp3) is 1.00. The van der Waals surface area contributed by atoms with Gasteiger partial charge in [-0.1, -0.05) is 0 Å². The second-order valence-electron chi connectivity index (χ2n) is 3.27. The van der Waals surface area contributed by atoms with Crippen molar-refractivity contribution in [3.63, 3.8) is 0 Å². The number of rotatable bonds is 10. The fourth-order valence-electron chi connectivity index (χ4n) is 1.39. The van der Waals surface area contributed by atoms with Crippen LogP contribution in [0.15, 0.2) is 0 Å². The molecule has 0 aromatic carbocycles. The van der Waals surface area contributed by atoms with Gasteiger partial charge in [0.15, 0.2) is 0 Å². The third-order valence-corrected chi connectivity index (χ3v) is 5.97. The summed E-state index contributed by atoms with van der Waals surface area (Å²) < 4.78 is 19.1. The molecule has 0 saturated heterocycles. The van der Waals surface area contributed by atoms with Crippen LogP contribution in [0.2, 0.25) is 6.04 Å². The van der Waals surface area contributed by atoms with E-state index in [1.807, 2.05) is 25.5 Å². The standard InChI is InChI=1S/C9H25NO4Si2/c1-5-12-16(13-6-2,14-7-3)9-8-10(15)11-4/h5-9H2,1-4,15H3. The van der Waals surface area contributed by atoms with Crippen LogP contribution in [0.25, 0.3) is 0 Å². The lowest BCUT2D eigenvalue weighted by Crippen LogP contribution is -2.48. The van der Waals surface area contributed by atoms with E-state index in [2.05, 4.69) is 0 Å². The van der Waals surface area contributed by atoms with Crippen LogP contribution in [-0.4, -0.2) is 57.4 Å². The Hall–Kier alpha value is 0.234. The molecule has 0 bridgehead atoms. The van der Waals surface area contributed by atoms with Crippen molar-refractivity contribution in [2.75, 3.05) is 33.5 Å². The van der Waals surface area contributed by atoms with Gasteiger partial charge in [-0.15, -0.1) is 0 Å². The van der Waals surface area contributed by atoms with Crippen molar-refractivity contribution in [3.05, 3.63) is 0 Å². The molecule has 0 heterocycles. The molecule has 0 fully saturated rings. The Morgan fingerprint density at radius 3 is 1.75 bits per heavy atom. The number of hydrogen-bond acceptors (Lipinski definition) is 5. The van der Waals surface area contributed by atoms with Crippen LogP contribution < -0.4 is 0 Å². The van der Waals surface area contributed by atoms with Crippen molar-refractivity contribution in [1.29, 1.82) is 0 Å². The van der Waals surface area contributed by atoms with Crippen LogP contribution >= 0.6 is 0 Å². The van der Waals surface area contributed by atoms with Crippen LogP contribution in [0.4, 0.5) is 0 Å². The minimum absolute atomic E-state index is 0.625. The topological polar surface area (TPSA) is 40.2 Å². The molecule has 7 heteroatoms. The predicted molar refractivity (Wildman–Crippen MR) is 69.1 cm³/mol. The Morgan fingerprint density at radius 1 is 1.00 bits per heavy atom. The lowest BCUT2D eigenvalue weighted by molar-refractivity contribution is -0.0483. The van der Waals surface area contributed by atoms with E-state index < -0.39 is 8.80 Å². The molecule has 16 heavy (non-hydrogen) atoms. The van der Waals surface area contributed by atoms with Crippen LogP contribution in [-0.2, 0) is 18.1 Å². The molecule has 0 atom stereocenters. The van der Waals surface area contributed by atoms with Gasteiger partial charge in [0.1, 0.15) is 10.4 Å². The Balaban J connectivity index is 4.34. The Kier molecular flexibility index (Phi) is 9.42. The maximum Gasteiger partial charge on any atom is 0.502 e. The van der Waals surface area contributed by atoms with Crippen LogP contribution in [0, 0.1) is 0 Å². The summed E-state index contributed by atoms with van der Waals surface area (Å²) in [7, 11) is 0.0669. The summed E-state index contributed by atoms with van der Waals surface area (Å²) >= 11 is 0. The number of hydroxylamine groups is 1. The minimum Gasteiger partial charge on any atom is -0.374 e. The predicted octanol–water partition coefficient (Wildman–Crippen LogP) is 0.179. The van der Waals surface area contributed by atoms with Crippen LogP contribution in [0.5, 0.6) is 0 Å². The minimum atomic E-state index is -2.47. The first-order chi connectivity index (χ1) is 7.64. The second kappa shape index (κ2) is 9.28. The van der Waals surface area contributed by atoms with E-state index in [1.54, 1.807) is 7.11 Å². The van der Waals surface area contributed by atoms with E-state index in [0.29, 0.717) is 19.8 Å². The van der Waals surface area contributed by atoms with Gasteiger partial charge < -0.3 is 18.1 Å². The van der Waals surface area contributed by atoms with E-state index in [4.69, 9.17) is 18.1 Å². The van der Waals surface area contributed by atoms with Gasteiger partial charge in [-0.25, -0.2) is 4.73 Å². The van der Waals surface area contributed by atoms with Crippen LogP contribution in [0.3, 0.4) is 0 Å². The quantitative estimate of drug-likeness (QED) is 0.417. The van der Waals surface area contributed by atoms with Gasteiger partial charge in [-0.2, -0.15) is 0 Å². The van der Waals surface area contributed by atoms with Crippen molar-refractivity contribution in [3.8, 4) is 0 Å². The molecule has 0 aliphatic carbocycles. The first-order valence-corrected chi connectivity index (χ1v) is 8.63. The Morgan fingerprint density at radius 2 is 1.44 bits per heavy atom.